The van der Waals surface area contributed by atoms with E-state index < -0.39 is 0 Å². The third-order valence-corrected chi connectivity index (χ3v) is 5.99. The molecule has 3 aromatic heterocycles. The number of nitrogens with zero attached hydrogens (tertiary/aromatic N) is 3. The first-order valence-electron chi connectivity index (χ1n) is 10.0. The van der Waals surface area contributed by atoms with Crippen molar-refractivity contribution in [2.75, 3.05) is 5.32 Å². The second-order valence-corrected chi connectivity index (χ2v) is 8.20. The zero-order valence-corrected chi connectivity index (χ0v) is 17.8. The van der Waals surface area contributed by atoms with E-state index in [0.29, 0.717) is 12.0 Å². The molecule has 0 aliphatic carbocycles. The fourth-order valence-electron chi connectivity index (χ4n) is 3.55. The fraction of sp³-hybridized carbons (Fsp3) is 0.0800. The van der Waals surface area contributed by atoms with Gasteiger partial charge in [0.2, 0.25) is 0 Å². The summed E-state index contributed by atoms with van der Waals surface area (Å²) >= 11 is 1.52. The SMILES string of the molecule is Cc1ccccc1CC(=O)c1cccc(Nc2nc(-c3cnc4ccccn34)cs2)c1. The van der Waals surface area contributed by atoms with Crippen LogP contribution in [0.3, 0.4) is 0 Å². The Morgan fingerprint density at radius 1 is 1.06 bits per heavy atom. The molecule has 1 N–H and O–H groups in total. The topological polar surface area (TPSA) is 59.3 Å². The maximum Gasteiger partial charge on any atom is 0.187 e. The Morgan fingerprint density at radius 2 is 1.94 bits per heavy atom. The summed E-state index contributed by atoms with van der Waals surface area (Å²) in [5.74, 6) is 0.100. The number of aromatic nitrogens is 3. The number of thiazole rings is 1. The number of aryl methyl sites for hydroxylation is 1. The van der Waals surface area contributed by atoms with Crippen molar-refractivity contribution < 1.29 is 4.79 Å². The van der Waals surface area contributed by atoms with Crippen LogP contribution in [0.2, 0.25) is 0 Å². The lowest BCUT2D eigenvalue weighted by Crippen LogP contribution is -2.05. The Balaban J connectivity index is 1.34. The molecule has 0 fully saturated rings. The smallest absolute Gasteiger partial charge is 0.187 e. The van der Waals surface area contributed by atoms with Crippen LogP contribution in [-0.4, -0.2) is 20.2 Å². The fourth-order valence-corrected chi connectivity index (χ4v) is 4.27. The Morgan fingerprint density at radius 3 is 2.84 bits per heavy atom. The molecular formula is C25H20N4OS. The molecule has 3 heterocycles. The summed E-state index contributed by atoms with van der Waals surface area (Å²) in [6.45, 7) is 2.03. The van der Waals surface area contributed by atoms with E-state index >= 15 is 0 Å². The maximum absolute atomic E-state index is 12.8. The minimum absolute atomic E-state index is 0.100. The number of carbonyl (C=O) groups is 1. The minimum Gasteiger partial charge on any atom is -0.332 e. The molecule has 0 bridgehead atoms. The third-order valence-electron chi connectivity index (χ3n) is 5.23. The number of rotatable bonds is 6. The summed E-state index contributed by atoms with van der Waals surface area (Å²) in [5.41, 5.74) is 6.41. The van der Waals surface area contributed by atoms with Crippen LogP contribution in [0, 0.1) is 6.92 Å². The quantitative estimate of drug-likeness (QED) is 0.343. The summed E-state index contributed by atoms with van der Waals surface area (Å²) < 4.78 is 2.02. The number of anilines is 2. The van der Waals surface area contributed by atoms with Crippen molar-refractivity contribution in [2.45, 2.75) is 13.3 Å². The second-order valence-electron chi connectivity index (χ2n) is 7.34. The molecule has 0 radical (unpaired) electrons. The summed E-state index contributed by atoms with van der Waals surface area (Å²) in [5, 5.41) is 6.10. The lowest BCUT2D eigenvalue weighted by Gasteiger charge is -2.07. The summed E-state index contributed by atoms with van der Waals surface area (Å²) in [6.07, 6.45) is 4.21. The van der Waals surface area contributed by atoms with Crippen molar-refractivity contribution in [3.05, 3.63) is 101 Å². The molecule has 0 aliphatic heterocycles. The lowest BCUT2D eigenvalue weighted by molar-refractivity contribution is 0.0993. The molecule has 0 spiro atoms. The van der Waals surface area contributed by atoms with Gasteiger partial charge in [0.05, 0.1) is 11.9 Å². The van der Waals surface area contributed by atoms with Gasteiger partial charge in [0.25, 0.3) is 0 Å². The van der Waals surface area contributed by atoms with Gasteiger partial charge in [-0.05, 0) is 42.3 Å². The Hall–Kier alpha value is -3.77. The normalized spacial score (nSPS) is 11.0. The molecule has 0 amide bonds. The van der Waals surface area contributed by atoms with E-state index in [1.54, 1.807) is 0 Å². The van der Waals surface area contributed by atoms with E-state index in [-0.39, 0.29) is 5.78 Å². The van der Waals surface area contributed by atoms with E-state index in [9.17, 15) is 4.79 Å². The standard InChI is InChI=1S/C25H20N4OS/c1-17-7-2-3-8-18(17)14-23(30)19-9-6-10-20(13-19)27-25-28-21(16-31-25)22-15-26-24-11-4-5-12-29(22)24/h2-13,15-16H,14H2,1H3,(H,27,28). The molecule has 31 heavy (non-hydrogen) atoms. The molecule has 0 saturated carbocycles. The molecule has 0 saturated heterocycles. The van der Waals surface area contributed by atoms with Gasteiger partial charge < -0.3 is 5.32 Å². The Labute approximate surface area is 184 Å². The number of Topliss-reactive ketones (excluding diaryl/α,β-unsaturated/α-hetero) is 1. The number of imidazole rings is 1. The third kappa shape index (κ3) is 3.98. The van der Waals surface area contributed by atoms with Crippen molar-refractivity contribution in [1.82, 2.24) is 14.4 Å². The van der Waals surface area contributed by atoms with Gasteiger partial charge >= 0.3 is 0 Å². The van der Waals surface area contributed by atoms with E-state index in [4.69, 9.17) is 4.98 Å². The highest BCUT2D eigenvalue weighted by atomic mass is 32.1. The average Bonchev–Trinajstić information content (AvgIpc) is 3.42. The number of pyridine rings is 1. The Kier molecular flexibility index (Phi) is 5.06. The molecule has 5 rings (SSSR count). The van der Waals surface area contributed by atoms with Gasteiger partial charge in [-0.1, -0.05) is 42.5 Å². The van der Waals surface area contributed by atoms with Crippen molar-refractivity contribution in [2.24, 2.45) is 0 Å². The van der Waals surface area contributed by atoms with Gasteiger partial charge in [-0.3, -0.25) is 9.20 Å². The highest BCUT2D eigenvalue weighted by molar-refractivity contribution is 7.14. The number of ketones is 1. The molecule has 0 atom stereocenters. The highest BCUT2D eigenvalue weighted by Gasteiger charge is 2.12. The van der Waals surface area contributed by atoms with Gasteiger partial charge in [-0.25, -0.2) is 9.97 Å². The van der Waals surface area contributed by atoms with E-state index in [1.165, 1.54) is 11.3 Å². The van der Waals surface area contributed by atoms with E-state index in [1.807, 2.05) is 95.8 Å². The molecule has 2 aromatic carbocycles. The average molecular weight is 425 g/mol. The van der Waals surface area contributed by atoms with Crippen LogP contribution in [0.5, 0.6) is 0 Å². The van der Waals surface area contributed by atoms with Crippen molar-refractivity contribution in [1.29, 1.82) is 0 Å². The number of fused-ring (bicyclic) bond motifs is 1. The summed E-state index contributed by atoms with van der Waals surface area (Å²) in [4.78, 5) is 21.9. The molecule has 5 aromatic rings. The summed E-state index contributed by atoms with van der Waals surface area (Å²) in [7, 11) is 0. The van der Waals surface area contributed by atoms with Crippen LogP contribution in [0.25, 0.3) is 17.0 Å². The van der Waals surface area contributed by atoms with Crippen LogP contribution < -0.4 is 5.32 Å². The molecular weight excluding hydrogens is 404 g/mol. The van der Waals surface area contributed by atoms with Gasteiger partial charge in [-0.15, -0.1) is 11.3 Å². The summed E-state index contributed by atoms with van der Waals surface area (Å²) in [6, 6.07) is 21.5. The first-order chi connectivity index (χ1) is 15.2. The minimum atomic E-state index is 0.100. The molecule has 5 nitrogen and oxygen atoms in total. The van der Waals surface area contributed by atoms with E-state index in [2.05, 4.69) is 10.3 Å². The van der Waals surface area contributed by atoms with Gasteiger partial charge in [0.1, 0.15) is 11.3 Å². The van der Waals surface area contributed by atoms with Crippen molar-refractivity contribution >= 4 is 33.6 Å². The predicted molar refractivity (Wildman–Crippen MR) is 125 cm³/mol. The van der Waals surface area contributed by atoms with Gasteiger partial charge in [0.15, 0.2) is 10.9 Å². The molecule has 152 valence electrons. The maximum atomic E-state index is 12.8. The number of carbonyl (C=O) groups excluding carboxylic acids is 1. The first kappa shape index (κ1) is 19.2. The molecule has 0 unspecified atom stereocenters. The first-order valence-corrected chi connectivity index (χ1v) is 10.9. The van der Waals surface area contributed by atoms with Crippen LogP contribution >= 0.6 is 11.3 Å². The zero-order chi connectivity index (χ0) is 21.2. The van der Waals surface area contributed by atoms with Gasteiger partial charge in [-0.2, -0.15) is 0 Å². The highest BCUT2D eigenvalue weighted by Crippen LogP contribution is 2.28. The monoisotopic (exact) mass is 424 g/mol. The largest absolute Gasteiger partial charge is 0.332 e. The van der Waals surface area contributed by atoms with Crippen LogP contribution in [-0.2, 0) is 6.42 Å². The number of benzene rings is 2. The van der Waals surface area contributed by atoms with Gasteiger partial charge in [0, 0.05) is 29.2 Å². The van der Waals surface area contributed by atoms with Crippen LogP contribution in [0.4, 0.5) is 10.8 Å². The van der Waals surface area contributed by atoms with Crippen molar-refractivity contribution in [3.8, 4) is 11.4 Å². The number of hydrogen-bond donors (Lipinski definition) is 1. The molecule has 0 aliphatic rings. The van der Waals surface area contributed by atoms with Crippen LogP contribution in [0.1, 0.15) is 21.5 Å². The van der Waals surface area contributed by atoms with Crippen LogP contribution in [0.15, 0.2) is 84.5 Å². The van der Waals surface area contributed by atoms with E-state index in [0.717, 1.165) is 39.0 Å². The predicted octanol–water partition coefficient (Wildman–Crippen LogP) is 5.94. The lowest BCUT2D eigenvalue weighted by atomic mass is 9.99. The number of nitrogens with one attached hydrogen (secondary N) is 1. The number of hydrogen-bond acceptors (Lipinski definition) is 5. The zero-order valence-electron chi connectivity index (χ0n) is 16.9. The molecule has 6 heteroatoms. The second kappa shape index (κ2) is 8.16. The van der Waals surface area contributed by atoms with Crippen molar-refractivity contribution in [3.63, 3.8) is 0 Å². The Bertz CT molecular complexity index is 1390.